The Balaban J connectivity index is 2.05. The minimum atomic E-state index is -0.344. The molecule has 0 aliphatic carbocycles. The van der Waals surface area contributed by atoms with E-state index in [1.807, 2.05) is 14.1 Å². The van der Waals surface area contributed by atoms with Gasteiger partial charge < -0.3 is 15.0 Å². The smallest absolute Gasteiger partial charge is 0.123 e. The molecule has 0 aromatic heterocycles. The standard InChI is InChI=1S/C19H24F2N2O/c1-22-11-12-23(2)13-14-24-19(15-3-7-17(20)8-4-15)16-5-9-18(21)10-6-16/h3-10,19,22H,11-14H2,1-2H3. The van der Waals surface area contributed by atoms with Crippen LogP contribution in [0.15, 0.2) is 48.5 Å². The molecule has 2 aromatic carbocycles. The molecule has 0 amide bonds. The molecule has 2 aromatic rings. The van der Waals surface area contributed by atoms with E-state index in [1.165, 1.54) is 24.3 Å². The molecular formula is C19H24F2N2O. The molecule has 2 rings (SSSR count). The topological polar surface area (TPSA) is 24.5 Å². The second kappa shape index (κ2) is 9.47. The van der Waals surface area contributed by atoms with Crippen LogP contribution >= 0.6 is 0 Å². The molecule has 0 radical (unpaired) electrons. The van der Waals surface area contributed by atoms with Crippen LogP contribution in [0.4, 0.5) is 8.78 Å². The summed E-state index contributed by atoms with van der Waals surface area (Å²) in [5.74, 6) is -0.577. The first-order valence-corrected chi connectivity index (χ1v) is 8.06. The van der Waals surface area contributed by atoms with Gasteiger partial charge in [-0.05, 0) is 49.5 Å². The number of benzene rings is 2. The van der Waals surface area contributed by atoms with Crippen molar-refractivity contribution in [1.82, 2.24) is 10.2 Å². The highest BCUT2D eigenvalue weighted by molar-refractivity contribution is 5.30. The molecule has 0 saturated carbocycles. The van der Waals surface area contributed by atoms with E-state index in [2.05, 4.69) is 10.2 Å². The normalized spacial score (nSPS) is 11.4. The average Bonchev–Trinajstić information content (AvgIpc) is 2.59. The van der Waals surface area contributed by atoms with Crippen molar-refractivity contribution in [3.8, 4) is 0 Å². The van der Waals surface area contributed by atoms with Crippen molar-refractivity contribution in [1.29, 1.82) is 0 Å². The van der Waals surface area contributed by atoms with E-state index in [4.69, 9.17) is 4.74 Å². The molecule has 5 heteroatoms. The van der Waals surface area contributed by atoms with E-state index in [0.717, 1.165) is 30.8 Å². The Kier molecular flexibility index (Phi) is 7.31. The van der Waals surface area contributed by atoms with Crippen LogP contribution in [0.3, 0.4) is 0 Å². The van der Waals surface area contributed by atoms with Crippen LogP contribution in [0.1, 0.15) is 17.2 Å². The highest BCUT2D eigenvalue weighted by Gasteiger charge is 2.15. The fraction of sp³-hybridized carbons (Fsp3) is 0.368. The van der Waals surface area contributed by atoms with Gasteiger partial charge in [-0.2, -0.15) is 0 Å². The first-order valence-electron chi connectivity index (χ1n) is 8.06. The molecule has 1 N–H and O–H groups in total. The van der Waals surface area contributed by atoms with Gasteiger partial charge in [0.1, 0.15) is 17.7 Å². The zero-order valence-electron chi connectivity index (χ0n) is 14.1. The summed E-state index contributed by atoms with van der Waals surface area (Å²) in [4.78, 5) is 2.17. The molecule has 0 aliphatic rings. The van der Waals surface area contributed by atoms with Crippen LogP contribution in [0.5, 0.6) is 0 Å². The maximum absolute atomic E-state index is 13.2. The predicted molar refractivity (Wildman–Crippen MR) is 92.0 cm³/mol. The number of nitrogens with one attached hydrogen (secondary N) is 1. The van der Waals surface area contributed by atoms with Crippen LogP contribution in [0, 0.1) is 11.6 Å². The lowest BCUT2D eigenvalue weighted by Crippen LogP contribution is -2.30. The van der Waals surface area contributed by atoms with E-state index in [-0.39, 0.29) is 17.7 Å². The number of nitrogens with zero attached hydrogens (tertiary/aromatic N) is 1. The van der Waals surface area contributed by atoms with Gasteiger partial charge in [-0.1, -0.05) is 24.3 Å². The monoisotopic (exact) mass is 334 g/mol. The summed E-state index contributed by atoms with van der Waals surface area (Å²) in [6, 6.07) is 12.5. The van der Waals surface area contributed by atoms with E-state index >= 15 is 0 Å². The summed E-state index contributed by atoms with van der Waals surface area (Å²) < 4.78 is 32.4. The van der Waals surface area contributed by atoms with Crippen molar-refractivity contribution < 1.29 is 13.5 Å². The zero-order chi connectivity index (χ0) is 17.4. The molecule has 3 nitrogen and oxygen atoms in total. The highest BCUT2D eigenvalue weighted by Crippen LogP contribution is 2.26. The number of ether oxygens (including phenoxy) is 1. The summed E-state index contributed by atoms with van der Waals surface area (Å²) in [5, 5.41) is 3.11. The molecule has 130 valence electrons. The molecule has 24 heavy (non-hydrogen) atoms. The number of halogens is 2. The lowest BCUT2D eigenvalue weighted by molar-refractivity contribution is 0.0649. The van der Waals surface area contributed by atoms with Gasteiger partial charge in [0.25, 0.3) is 0 Å². The zero-order valence-corrected chi connectivity index (χ0v) is 14.1. The minimum Gasteiger partial charge on any atom is -0.367 e. The highest BCUT2D eigenvalue weighted by atomic mass is 19.1. The van der Waals surface area contributed by atoms with Crippen LogP contribution in [-0.4, -0.2) is 45.2 Å². The van der Waals surface area contributed by atoms with Crippen LogP contribution in [-0.2, 0) is 4.74 Å². The Bertz CT molecular complexity index is 556. The molecule has 0 aliphatic heterocycles. The average molecular weight is 334 g/mol. The van der Waals surface area contributed by atoms with E-state index in [1.54, 1.807) is 24.3 Å². The number of hydrogen-bond donors (Lipinski definition) is 1. The third-order valence-electron chi connectivity index (χ3n) is 3.85. The van der Waals surface area contributed by atoms with Crippen molar-refractivity contribution in [2.75, 3.05) is 40.3 Å². The van der Waals surface area contributed by atoms with Gasteiger partial charge in [0.15, 0.2) is 0 Å². The lowest BCUT2D eigenvalue weighted by Gasteiger charge is -2.22. The Labute approximate surface area is 142 Å². The van der Waals surface area contributed by atoms with E-state index < -0.39 is 0 Å². The Morgan fingerprint density at radius 3 is 1.88 bits per heavy atom. The van der Waals surface area contributed by atoms with Gasteiger partial charge in [0, 0.05) is 19.6 Å². The summed E-state index contributed by atoms with van der Waals surface area (Å²) in [6.45, 7) is 3.15. The first-order chi connectivity index (χ1) is 11.6. The molecule has 0 atom stereocenters. The Hall–Kier alpha value is -1.82. The Morgan fingerprint density at radius 2 is 1.42 bits per heavy atom. The second-order valence-corrected chi connectivity index (χ2v) is 5.76. The van der Waals surface area contributed by atoms with Gasteiger partial charge in [0.05, 0.1) is 6.61 Å². The van der Waals surface area contributed by atoms with Crippen molar-refractivity contribution in [2.24, 2.45) is 0 Å². The second-order valence-electron chi connectivity index (χ2n) is 5.76. The van der Waals surface area contributed by atoms with E-state index in [0.29, 0.717) is 6.61 Å². The largest absolute Gasteiger partial charge is 0.367 e. The Morgan fingerprint density at radius 1 is 0.917 bits per heavy atom. The fourth-order valence-electron chi connectivity index (χ4n) is 2.40. The number of hydrogen-bond acceptors (Lipinski definition) is 3. The van der Waals surface area contributed by atoms with Gasteiger partial charge in [-0.25, -0.2) is 8.78 Å². The SMILES string of the molecule is CNCCN(C)CCOC(c1ccc(F)cc1)c1ccc(F)cc1. The summed E-state index contributed by atoms with van der Waals surface area (Å²) >= 11 is 0. The van der Waals surface area contributed by atoms with Crippen molar-refractivity contribution in [3.63, 3.8) is 0 Å². The number of likely N-dealkylation sites (N-methyl/N-ethyl adjacent to an activating group) is 2. The number of rotatable bonds is 9. The predicted octanol–water partition coefficient (Wildman–Crippen LogP) is 3.22. The van der Waals surface area contributed by atoms with Crippen molar-refractivity contribution >= 4 is 0 Å². The third kappa shape index (κ3) is 5.67. The molecule has 0 saturated heterocycles. The molecule has 0 spiro atoms. The lowest BCUT2D eigenvalue weighted by atomic mass is 10.0. The molecule has 0 fully saturated rings. The maximum atomic E-state index is 13.2. The summed E-state index contributed by atoms with van der Waals surface area (Å²) in [5.41, 5.74) is 1.70. The van der Waals surface area contributed by atoms with Crippen molar-refractivity contribution in [2.45, 2.75) is 6.10 Å². The van der Waals surface area contributed by atoms with Crippen LogP contribution in [0.25, 0.3) is 0 Å². The van der Waals surface area contributed by atoms with Gasteiger partial charge in [-0.15, -0.1) is 0 Å². The van der Waals surface area contributed by atoms with Crippen molar-refractivity contribution in [3.05, 3.63) is 71.3 Å². The summed E-state index contributed by atoms with van der Waals surface area (Å²) in [7, 11) is 3.95. The first kappa shape index (κ1) is 18.5. The summed E-state index contributed by atoms with van der Waals surface area (Å²) in [6.07, 6.45) is -0.344. The molecule has 0 unspecified atom stereocenters. The van der Waals surface area contributed by atoms with Gasteiger partial charge >= 0.3 is 0 Å². The quantitative estimate of drug-likeness (QED) is 0.762. The third-order valence-corrected chi connectivity index (χ3v) is 3.85. The van der Waals surface area contributed by atoms with Gasteiger partial charge in [0.2, 0.25) is 0 Å². The van der Waals surface area contributed by atoms with E-state index in [9.17, 15) is 8.78 Å². The minimum absolute atomic E-state index is 0.289. The molecule has 0 heterocycles. The van der Waals surface area contributed by atoms with Crippen LogP contribution < -0.4 is 5.32 Å². The maximum Gasteiger partial charge on any atom is 0.123 e. The molecule has 0 bridgehead atoms. The van der Waals surface area contributed by atoms with Gasteiger partial charge in [-0.3, -0.25) is 0 Å². The fourth-order valence-corrected chi connectivity index (χ4v) is 2.40. The van der Waals surface area contributed by atoms with Crippen LogP contribution in [0.2, 0.25) is 0 Å². The molecular weight excluding hydrogens is 310 g/mol.